The van der Waals surface area contributed by atoms with Gasteiger partial charge >= 0.3 is 0 Å². The van der Waals surface area contributed by atoms with E-state index in [2.05, 4.69) is 15.3 Å². The van der Waals surface area contributed by atoms with Gasteiger partial charge in [-0.25, -0.2) is 0 Å². The number of aromatic nitrogens is 3. The third-order valence-electron chi connectivity index (χ3n) is 5.11. The van der Waals surface area contributed by atoms with Crippen LogP contribution in [-0.4, -0.2) is 26.2 Å². The Kier molecular flexibility index (Phi) is 5.92. The largest absolute Gasteiger partial charge is 0.381 e. The van der Waals surface area contributed by atoms with Gasteiger partial charge in [-0.2, -0.15) is 10.2 Å². The van der Waals surface area contributed by atoms with Gasteiger partial charge in [-0.3, -0.25) is 4.79 Å². The fourth-order valence-corrected chi connectivity index (χ4v) is 3.29. The molecule has 0 saturated heterocycles. The lowest BCUT2D eigenvalue weighted by Gasteiger charge is -2.11. The van der Waals surface area contributed by atoms with Crippen molar-refractivity contribution in [3.63, 3.8) is 0 Å². The summed E-state index contributed by atoms with van der Waals surface area (Å²) in [5.41, 5.74) is 3.50. The van der Waals surface area contributed by atoms with Crippen molar-refractivity contribution >= 4 is 5.78 Å². The molecular formula is C24H20N4O4. The van der Waals surface area contributed by atoms with E-state index in [4.69, 9.17) is 14.3 Å². The number of hydrogen-bond acceptors (Lipinski definition) is 8. The molecule has 4 rings (SSSR count). The molecule has 0 aliphatic heterocycles. The minimum absolute atomic E-state index is 0.00484. The molecule has 0 amide bonds. The number of nitriles is 1. The van der Waals surface area contributed by atoms with E-state index in [0.29, 0.717) is 28.4 Å². The lowest BCUT2D eigenvalue weighted by molar-refractivity contribution is -0.127. The quantitative estimate of drug-likeness (QED) is 0.455. The van der Waals surface area contributed by atoms with Crippen molar-refractivity contribution in [2.75, 3.05) is 0 Å². The molecule has 0 radical (unpaired) electrons. The van der Waals surface area contributed by atoms with Crippen molar-refractivity contribution < 1.29 is 18.9 Å². The Morgan fingerprint density at radius 3 is 2.47 bits per heavy atom. The summed E-state index contributed by atoms with van der Waals surface area (Å²) >= 11 is 0. The molecular weight excluding hydrogens is 408 g/mol. The number of carbonyl (C=O) groups excluding carboxylic acids is 1. The van der Waals surface area contributed by atoms with Crippen LogP contribution in [0.3, 0.4) is 0 Å². The van der Waals surface area contributed by atoms with Crippen LogP contribution in [0.5, 0.6) is 0 Å². The zero-order chi connectivity index (χ0) is 22.7. The van der Waals surface area contributed by atoms with Gasteiger partial charge in [0.25, 0.3) is 5.89 Å². The third kappa shape index (κ3) is 4.19. The van der Waals surface area contributed by atoms with Crippen LogP contribution in [0.1, 0.15) is 30.6 Å². The topological polar surface area (TPSA) is 126 Å². The van der Waals surface area contributed by atoms with Crippen molar-refractivity contribution in [3.8, 4) is 40.4 Å². The van der Waals surface area contributed by atoms with Crippen LogP contribution in [0.25, 0.3) is 34.3 Å². The van der Waals surface area contributed by atoms with E-state index in [1.54, 1.807) is 31.2 Å². The van der Waals surface area contributed by atoms with Gasteiger partial charge in [0.15, 0.2) is 5.78 Å². The summed E-state index contributed by atoms with van der Waals surface area (Å²) in [5.74, 6) is 0.0890. The first-order chi connectivity index (χ1) is 15.5. The number of hydrogen-bond donors (Lipinski definition) is 1. The molecule has 2 aromatic carbocycles. The lowest BCUT2D eigenvalue weighted by Crippen LogP contribution is -2.14. The first-order valence-electron chi connectivity index (χ1n) is 10.0. The van der Waals surface area contributed by atoms with Crippen LogP contribution in [0.4, 0.5) is 0 Å². The average molecular weight is 428 g/mol. The average Bonchev–Trinajstić information content (AvgIpc) is 3.46. The molecule has 1 N–H and O–H groups in total. The van der Waals surface area contributed by atoms with Crippen LogP contribution in [-0.2, 0) is 4.79 Å². The Morgan fingerprint density at radius 2 is 1.78 bits per heavy atom. The highest BCUT2D eigenvalue weighted by atomic mass is 16.5. The maximum atomic E-state index is 12.1. The molecule has 0 spiro atoms. The third-order valence-corrected chi connectivity index (χ3v) is 5.11. The smallest absolute Gasteiger partial charge is 0.297 e. The van der Waals surface area contributed by atoms with Gasteiger partial charge < -0.3 is 14.2 Å². The normalized spacial score (nSPS) is 12.8. The van der Waals surface area contributed by atoms with Gasteiger partial charge in [-0.1, -0.05) is 64.9 Å². The van der Waals surface area contributed by atoms with Crippen molar-refractivity contribution in [1.82, 2.24) is 15.3 Å². The van der Waals surface area contributed by atoms with E-state index >= 15 is 0 Å². The van der Waals surface area contributed by atoms with Crippen molar-refractivity contribution in [1.29, 1.82) is 5.26 Å². The number of Topliss-reactive ketones (excluding diaryl/α,β-unsaturated/α-hetero) is 1. The highest BCUT2D eigenvalue weighted by Crippen LogP contribution is 2.31. The second-order valence-corrected chi connectivity index (χ2v) is 7.50. The number of benzene rings is 2. The lowest BCUT2D eigenvalue weighted by atomic mass is 9.97. The number of aliphatic hydroxyl groups is 1. The highest BCUT2D eigenvalue weighted by Gasteiger charge is 2.22. The van der Waals surface area contributed by atoms with E-state index in [0.717, 1.165) is 11.1 Å². The van der Waals surface area contributed by atoms with Crippen LogP contribution in [0.2, 0.25) is 0 Å². The van der Waals surface area contributed by atoms with Crippen LogP contribution >= 0.6 is 0 Å². The standard InChI is InChI=1S/C24H20N4O4/c1-14(13-25)12-19(29)21(30)17-8-10-18(11-9-17)23-26-24(32-28-23)22-15(2)20(27-31-22)16-6-4-3-5-7-16/h3-11,14,21,30H,12H2,1-2H3/t14-,21?/m0/s1. The van der Waals surface area contributed by atoms with Gasteiger partial charge in [-0.15, -0.1) is 0 Å². The van der Waals surface area contributed by atoms with Gasteiger partial charge in [0.05, 0.1) is 12.0 Å². The summed E-state index contributed by atoms with van der Waals surface area (Å²) in [4.78, 5) is 16.5. The first kappa shape index (κ1) is 21.2. The highest BCUT2D eigenvalue weighted by molar-refractivity contribution is 5.84. The summed E-state index contributed by atoms with van der Waals surface area (Å²) in [6.45, 7) is 3.51. The van der Waals surface area contributed by atoms with E-state index in [-0.39, 0.29) is 12.3 Å². The molecule has 2 aromatic heterocycles. The Bertz CT molecular complexity index is 1270. The molecule has 0 aliphatic carbocycles. The van der Waals surface area contributed by atoms with E-state index in [1.165, 1.54) is 0 Å². The monoisotopic (exact) mass is 428 g/mol. The Balaban J connectivity index is 1.53. The Hall–Kier alpha value is -4.09. The molecule has 160 valence electrons. The molecule has 8 heteroatoms. The molecule has 0 fully saturated rings. The van der Waals surface area contributed by atoms with Gasteiger partial charge in [0.1, 0.15) is 11.8 Å². The maximum Gasteiger partial charge on any atom is 0.297 e. The zero-order valence-electron chi connectivity index (χ0n) is 17.5. The Morgan fingerprint density at radius 1 is 1.06 bits per heavy atom. The molecule has 2 heterocycles. The SMILES string of the molecule is Cc1c(-c2ccccc2)noc1-c1nc(-c2ccc(C(O)C(=O)C[C@H](C)C#N)cc2)no1. The molecule has 32 heavy (non-hydrogen) atoms. The van der Waals surface area contributed by atoms with Crippen LogP contribution < -0.4 is 0 Å². The number of ketones is 1. The Labute approximate surface area is 184 Å². The molecule has 2 atom stereocenters. The summed E-state index contributed by atoms with van der Waals surface area (Å²) in [7, 11) is 0. The van der Waals surface area contributed by atoms with Crippen molar-refractivity contribution in [3.05, 3.63) is 65.7 Å². The summed E-state index contributed by atoms with van der Waals surface area (Å²) in [6.07, 6.45) is -1.29. The molecule has 0 saturated carbocycles. The summed E-state index contributed by atoms with van der Waals surface area (Å²) < 4.78 is 10.8. The van der Waals surface area contributed by atoms with Gasteiger partial charge in [0.2, 0.25) is 11.6 Å². The predicted octanol–water partition coefficient (Wildman–Crippen LogP) is 4.52. The van der Waals surface area contributed by atoms with Crippen LogP contribution in [0.15, 0.2) is 63.6 Å². The minimum Gasteiger partial charge on any atom is -0.381 e. The molecule has 4 aromatic rings. The second-order valence-electron chi connectivity index (χ2n) is 7.50. The second kappa shape index (κ2) is 8.96. The fraction of sp³-hybridized carbons (Fsp3) is 0.208. The molecule has 0 bridgehead atoms. The molecule has 0 aliphatic rings. The summed E-state index contributed by atoms with van der Waals surface area (Å²) in [6, 6.07) is 18.3. The molecule has 1 unspecified atom stereocenters. The summed E-state index contributed by atoms with van der Waals surface area (Å²) in [5, 5.41) is 27.2. The van der Waals surface area contributed by atoms with Crippen molar-refractivity contribution in [2.24, 2.45) is 5.92 Å². The number of nitrogens with zero attached hydrogens (tertiary/aromatic N) is 4. The maximum absolute atomic E-state index is 12.1. The number of aliphatic hydroxyl groups excluding tert-OH is 1. The zero-order valence-corrected chi connectivity index (χ0v) is 17.5. The van der Waals surface area contributed by atoms with Gasteiger partial charge in [0, 0.05) is 23.1 Å². The minimum atomic E-state index is -1.28. The van der Waals surface area contributed by atoms with E-state index in [9.17, 15) is 9.90 Å². The van der Waals surface area contributed by atoms with Crippen molar-refractivity contribution in [2.45, 2.75) is 26.4 Å². The fourth-order valence-electron chi connectivity index (χ4n) is 3.29. The number of rotatable bonds is 7. The van der Waals surface area contributed by atoms with E-state index < -0.39 is 17.8 Å². The van der Waals surface area contributed by atoms with Crippen LogP contribution in [0, 0.1) is 24.2 Å². The molecule has 8 nitrogen and oxygen atoms in total. The van der Waals surface area contributed by atoms with E-state index in [1.807, 2.05) is 43.3 Å². The van der Waals surface area contributed by atoms with Gasteiger partial charge in [-0.05, 0) is 19.4 Å². The predicted molar refractivity (Wildman–Crippen MR) is 115 cm³/mol. The number of carbonyl (C=O) groups is 1. The first-order valence-corrected chi connectivity index (χ1v) is 10.0.